The van der Waals surface area contributed by atoms with E-state index in [-0.39, 0.29) is 5.56 Å². The molecular weight excluding hydrogens is 358 g/mol. The number of benzene rings is 1. The van der Waals surface area contributed by atoms with Gasteiger partial charge in [-0.15, -0.1) is 11.3 Å². The molecule has 0 saturated carbocycles. The number of rotatable bonds is 4. The summed E-state index contributed by atoms with van der Waals surface area (Å²) in [7, 11) is 0. The van der Waals surface area contributed by atoms with E-state index < -0.39 is 0 Å². The Hall–Kier alpha value is -2.22. The van der Waals surface area contributed by atoms with E-state index in [0.29, 0.717) is 0 Å². The summed E-state index contributed by atoms with van der Waals surface area (Å²) >= 11 is 1.51. The lowest BCUT2D eigenvalue weighted by Crippen LogP contribution is -2.45. The molecule has 1 fully saturated rings. The van der Waals surface area contributed by atoms with Crippen molar-refractivity contribution in [1.82, 2.24) is 19.2 Å². The number of para-hydroxylation sites is 1. The Morgan fingerprint density at radius 1 is 1.11 bits per heavy atom. The average Bonchev–Trinajstić information content (AvgIpc) is 3.33. The summed E-state index contributed by atoms with van der Waals surface area (Å²) in [5, 5.41) is 5.45. The molecule has 1 aromatic carbocycles. The molecule has 1 saturated heterocycles. The van der Waals surface area contributed by atoms with Gasteiger partial charge in [-0.2, -0.15) is 0 Å². The van der Waals surface area contributed by atoms with Crippen LogP contribution in [0, 0.1) is 0 Å². The van der Waals surface area contributed by atoms with Gasteiger partial charge in [0.2, 0.25) is 0 Å². The molecule has 0 atom stereocenters. The van der Waals surface area contributed by atoms with Crippen molar-refractivity contribution >= 4 is 22.0 Å². The molecule has 3 aromatic rings. The van der Waals surface area contributed by atoms with Crippen LogP contribution in [0.5, 0.6) is 0 Å². The Morgan fingerprint density at radius 2 is 1.93 bits per heavy atom. The van der Waals surface area contributed by atoms with Crippen LogP contribution < -0.4 is 10.9 Å². The fourth-order valence-electron chi connectivity index (χ4n) is 4.09. The molecule has 0 amide bonds. The van der Waals surface area contributed by atoms with Gasteiger partial charge in [-0.1, -0.05) is 18.2 Å². The highest BCUT2D eigenvalue weighted by Gasteiger charge is 2.20. The number of hydrogen-bond donors (Lipinski definition) is 1. The zero-order valence-corrected chi connectivity index (χ0v) is 16.0. The van der Waals surface area contributed by atoms with E-state index in [1.807, 2.05) is 5.38 Å². The minimum atomic E-state index is 0.0142. The average molecular weight is 382 g/mol. The maximum absolute atomic E-state index is 12.1. The van der Waals surface area contributed by atoms with Crippen molar-refractivity contribution in [1.29, 1.82) is 0 Å². The number of nitrogens with one attached hydrogen (secondary N) is 1. The van der Waals surface area contributed by atoms with Crippen LogP contribution in [-0.2, 0) is 19.5 Å². The standard InChI is InChI=1S/C20H23N5OS/c26-18-12-17(22-20-25(18)10-11-27-20)14-24-8-6-23(7-9-24)13-16-3-1-2-15-4-5-21-19(15)16/h1-3,10-12,21H,4-9,13-14H2. The van der Waals surface area contributed by atoms with Crippen LogP contribution in [0.15, 0.2) is 40.6 Å². The van der Waals surface area contributed by atoms with E-state index in [0.717, 1.165) is 62.9 Å². The Labute approximate surface area is 162 Å². The van der Waals surface area contributed by atoms with E-state index in [2.05, 4.69) is 38.3 Å². The highest BCUT2D eigenvalue weighted by molar-refractivity contribution is 7.15. The number of anilines is 1. The first-order valence-electron chi connectivity index (χ1n) is 9.51. The first-order chi connectivity index (χ1) is 13.3. The number of piperazine rings is 1. The fourth-order valence-corrected chi connectivity index (χ4v) is 4.83. The maximum atomic E-state index is 12.1. The second kappa shape index (κ2) is 7.07. The molecule has 0 spiro atoms. The van der Waals surface area contributed by atoms with Crippen LogP contribution in [0.4, 0.5) is 5.69 Å². The Kier molecular flexibility index (Phi) is 4.43. The molecule has 27 heavy (non-hydrogen) atoms. The Morgan fingerprint density at radius 3 is 2.78 bits per heavy atom. The highest BCUT2D eigenvalue weighted by Crippen LogP contribution is 2.27. The summed E-state index contributed by atoms with van der Waals surface area (Å²) in [6.45, 7) is 6.92. The molecule has 2 aliphatic rings. The molecule has 2 aliphatic heterocycles. The van der Waals surface area contributed by atoms with E-state index >= 15 is 0 Å². The van der Waals surface area contributed by atoms with Gasteiger partial charge in [0.25, 0.3) is 5.56 Å². The van der Waals surface area contributed by atoms with Gasteiger partial charge in [-0.3, -0.25) is 19.0 Å². The molecule has 0 aliphatic carbocycles. The van der Waals surface area contributed by atoms with Crippen molar-refractivity contribution in [3.05, 3.63) is 63.0 Å². The number of nitrogens with zero attached hydrogens (tertiary/aromatic N) is 4. The lowest BCUT2D eigenvalue weighted by molar-refractivity contribution is 0.121. The van der Waals surface area contributed by atoms with Crippen LogP contribution in [-0.4, -0.2) is 51.9 Å². The lowest BCUT2D eigenvalue weighted by Gasteiger charge is -2.34. The van der Waals surface area contributed by atoms with Crippen LogP contribution in [0.3, 0.4) is 0 Å². The minimum Gasteiger partial charge on any atom is -0.384 e. The highest BCUT2D eigenvalue weighted by atomic mass is 32.1. The molecule has 4 heterocycles. The van der Waals surface area contributed by atoms with E-state index in [1.165, 1.54) is 28.2 Å². The first-order valence-corrected chi connectivity index (χ1v) is 10.4. The zero-order valence-electron chi connectivity index (χ0n) is 15.2. The van der Waals surface area contributed by atoms with Crippen molar-refractivity contribution in [3.63, 3.8) is 0 Å². The van der Waals surface area contributed by atoms with Gasteiger partial charge >= 0.3 is 0 Å². The molecule has 0 radical (unpaired) electrons. The van der Waals surface area contributed by atoms with Crippen LogP contribution >= 0.6 is 11.3 Å². The third-order valence-corrected chi connectivity index (χ3v) is 6.29. The summed E-state index contributed by atoms with van der Waals surface area (Å²) in [6.07, 6.45) is 2.92. The molecule has 1 N–H and O–H groups in total. The molecule has 5 rings (SSSR count). The predicted octanol–water partition coefficient (Wildman–Crippen LogP) is 2.04. The van der Waals surface area contributed by atoms with Gasteiger partial charge in [0.05, 0.1) is 5.69 Å². The largest absolute Gasteiger partial charge is 0.384 e. The van der Waals surface area contributed by atoms with Crippen molar-refractivity contribution in [2.24, 2.45) is 0 Å². The minimum absolute atomic E-state index is 0.0142. The molecule has 0 bridgehead atoms. The zero-order chi connectivity index (χ0) is 18.2. The van der Waals surface area contributed by atoms with Crippen molar-refractivity contribution in [2.75, 3.05) is 38.0 Å². The van der Waals surface area contributed by atoms with E-state index in [1.54, 1.807) is 16.7 Å². The second-order valence-electron chi connectivity index (χ2n) is 7.32. The van der Waals surface area contributed by atoms with Crippen molar-refractivity contribution in [2.45, 2.75) is 19.5 Å². The van der Waals surface area contributed by atoms with Gasteiger partial charge < -0.3 is 5.32 Å². The van der Waals surface area contributed by atoms with E-state index in [9.17, 15) is 4.79 Å². The number of fused-ring (bicyclic) bond motifs is 2. The maximum Gasteiger partial charge on any atom is 0.258 e. The molecule has 2 aromatic heterocycles. The smallest absolute Gasteiger partial charge is 0.258 e. The van der Waals surface area contributed by atoms with Crippen molar-refractivity contribution in [3.8, 4) is 0 Å². The summed E-state index contributed by atoms with van der Waals surface area (Å²) in [5.41, 5.74) is 5.11. The molecule has 7 heteroatoms. The third kappa shape index (κ3) is 3.38. The molecule has 6 nitrogen and oxygen atoms in total. The number of thiazole rings is 1. The van der Waals surface area contributed by atoms with Crippen LogP contribution in [0.1, 0.15) is 16.8 Å². The van der Waals surface area contributed by atoms with Crippen LogP contribution in [0.25, 0.3) is 4.96 Å². The lowest BCUT2D eigenvalue weighted by atomic mass is 10.1. The summed E-state index contributed by atoms with van der Waals surface area (Å²) in [6, 6.07) is 8.33. The Balaban J connectivity index is 1.21. The van der Waals surface area contributed by atoms with Gasteiger partial charge in [0, 0.05) is 69.1 Å². The normalized spacial score (nSPS) is 17.9. The second-order valence-corrected chi connectivity index (χ2v) is 8.19. The van der Waals surface area contributed by atoms with Gasteiger partial charge in [0.1, 0.15) is 0 Å². The topological polar surface area (TPSA) is 52.9 Å². The predicted molar refractivity (Wildman–Crippen MR) is 109 cm³/mol. The van der Waals surface area contributed by atoms with Gasteiger partial charge in [-0.25, -0.2) is 4.98 Å². The molecule has 0 unspecified atom stereocenters. The number of aromatic nitrogens is 2. The summed E-state index contributed by atoms with van der Waals surface area (Å²) < 4.78 is 1.61. The molecule has 140 valence electrons. The fraction of sp³-hybridized carbons (Fsp3) is 0.400. The van der Waals surface area contributed by atoms with E-state index in [4.69, 9.17) is 0 Å². The Bertz CT molecular complexity index is 1020. The summed E-state index contributed by atoms with van der Waals surface area (Å²) in [5.74, 6) is 0. The van der Waals surface area contributed by atoms with Crippen molar-refractivity contribution < 1.29 is 0 Å². The first kappa shape index (κ1) is 16.9. The summed E-state index contributed by atoms with van der Waals surface area (Å²) in [4.78, 5) is 22.5. The molecular formula is C20H23N5OS. The number of hydrogen-bond acceptors (Lipinski definition) is 6. The van der Waals surface area contributed by atoms with Crippen LogP contribution in [0.2, 0.25) is 0 Å². The third-order valence-electron chi connectivity index (χ3n) is 5.53. The SMILES string of the molecule is O=c1cc(CN2CCN(Cc3cccc4c3NCC4)CC2)nc2sccn12. The quantitative estimate of drug-likeness (QED) is 0.750. The monoisotopic (exact) mass is 381 g/mol. The van der Waals surface area contributed by atoms with Gasteiger partial charge in [-0.05, 0) is 17.5 Å². The van der Waals surface area contributed by atoms with Gasteiger partial charge in [0.15, 0.2) is 4.96 Å².